The lowest BCUT2D eigenvalue weighted by Gasteiger charge is -2.49. The molecule has 2 aromatic heterocycles. The number of fused-ring (bicyclic) bond motifs is 1. The highest BCUT2D eigenvalue weighted by atomic mass is 32.2. The Morgan fingerprint density at radius 2 is 2.10 bits per heavy atom. The fourth-order valence-electron chi connectivity index (χ4n) is 3.37. The molecule has 3 atom stereocenters. The quantitative estimate of drug-likeness (QED) is 0.0848. The van der Waals surface area contributed by atoms with Crippen LogP contribution in [-0.4, -0.2) is 99.7 Å². The largest absolute Gasteiger partial charge is 0.478 e. The number of carboxylic acids is 2. The zero-order valence-electron chi connectivity index (χ0n) is 20.0. The first-order valence-corrected chi connectivity index (χ1v) is 14.6. The van der Waals surface area contributed by atoms with Crippen LogP contribution in [0, 0.1) is 0 Å². The summed E-state index contributed by atoms with van der Waals surface area (Å²) in [7, 11) is 0. The van der Waals surface area contributed by atoms with E-state index >= 15 is 0 Å². The predicted molar refractivity (Wildman–Crippen MR) is 142 cm³/mol. The summed E-state index contributed by atoms with van der Waals surface area (Å²) in [5.41, 5.74) is 11.0. The summed E-state index contributed by atoms with van der Waals surface area (Å²) >= 11 is 4.75. The van der Waals surface area contributed by atoms with Crippen molar-refractivity contribution >= 4 is 81.0 Å². The van der Waals surface area contributed by atoms with E-state index < -0.39 is 47.0 Å². The summed E-state index contributed by atoms with van der Waals surface area (Å²) in [6, 6.07) is -1.08. The lowest BCUT2D eigenvalue weighted by molar-refractivity contribution is -0.150. The molecule has 2 aromatic rings. The summed E-state index contributed by atoms with van der Waals surface area (Å²) in [6.07, 6.45) is -0.789. The van der Waals surface area contributed by atoms with Crippen LogP contribution in [0.25, 0.3) is 0 Å². The van der Waals surface area contributed by atoms with Gasteiger partial charge in [-0.3, -0.25) is 14.5 Å². The number of anilines is 1. The van der Waals surface area contributed by atoms with Crippen molar-refractivity contribution in [2.75, 3.05) is 23.8 Å². The fourth-order valence-corrected chi connectivity index (χ4v) is 7.20. The van der Waals surface area contributed by atoms with Gasteiger partial charge in [-0.15, -0.1) is 22.0 Å². The number of carboxylic acid groups (broad SMARTS) is 2. The minimum absolute atomic E-state index is 0.0243. The summed E-state index contributed by atoms with van der Waals surface area (Å²) in [5, 5.41) is 33.2. The Morgan fingerprint density at radius 1 is 1.33 bits per heavy atom. The average Bonchev–Trinajstić information content (AvgIpc) is 3.54. The topological polar surface area (TPSA) is 249 Å². The number of aromatic nitrogens is 4. The van der Waals surface area contributed by atoms with Gasteiger partial charge >= 0.3 is 11.9 Å². The van der Waals surface area contributed by atoms with E-state index in [4.69, 9.17) is 21.4 Å². The van der Waals surface area contributed by atoms with Crippen molar-refractivity contribution in [3.05, 3.63) is 22.1 Å². The molecule has 2 aliphatic rings. The van der Waals surface area contributed by atoms with Gasteiger partial charge < -0.3 is 31.8 Å². The number of hydrogen-bond acceptors (Lipinski definition) is 16. The maximum atomic E-state index is 13.0. The smallest absolute Gasteiger partial charge is 0.352 e. The number of rotatable bonds is 12. The minimum Gasteiger partial charge on any atom is -0.478 e. The van der Waals surface area contributed by atoms with Crippen molar-refractivity contribution in [2.45, 2.75) is 35.2 Å². The SMILES string of the molecule is CC(O/N=C(/C(=O)NC1C(=O)N2C(C(=O)O)=C(CSc3nnc(CCN)s3)CSC12)c1nsc(N)n1)C(=O)O. The number of hydrogen-bond donors (Lipinski definition) is 5. The van der Waals surface area contributed by atoms with Gasteiger partial charge in [0.1, 0.15) is 22.1 Å². The highest BCUT2D eigenvalue weighted by Gasteiger charge is 2.54. The zero-order chi connectivity index (χ0) is 28.3. The molecule has 4 heterocycles. The number of oxime groups is 1. The highest BCUT2D eigenvalue weighted by Crippen LogP contribution is 2.41. The first kappa shape index (κ1) is 28.7. The number of β-lactam (4-membered cyclic amide) rings is 1. The number of carbonyl (C=O) groups is 4. The van der Waals surface area contributed by atoms with Crippen LogP contribution in [0.1, 0.15) is 17.8 Å². The molecule has 3 unspecified atom stereocenters. The van der Waals surface area contributed by atoms with Crippen molar-refractivity contribution in [1.82, 2.24) is 29.8 Å². The van der Waals surface area contributed by atoms with Gasteiger partial charge in [0.2, 0.25) is 17.6 Å². The molecule has 0 aromatic carbocycles. The van der Waals surface area contributed by atoms with Crippen molar-refractivity contribution in [3.63, 3.8) is 0 Å². The molecule has 0 spiro atoms. The van der Waals surface area contributed by atoms with E-state index in [1.54, 1.807) is 0 Å². The van der Waals surface area contributed by atoms with Crippen LogP contribution in [0.3, 0.4) is 0 Å². The van der Waals surface area contributed by atoms with E-state index in [0.717, 1.165) is 21.4 Å². The maximum absolute atomic E-state index is 13.0. The molecule has 0 aliphatic carbocycles. The van der Waals surface area contributed by atoms with Crippen molar-refractivity contribution in [1.29, 1.82) is 0 Å². The standard InChI is InChI=1S/C19H21N9O7S4/c1-6(16(31)32)35-26-9(12-23-18(21)39-27-12)13(29)22-10-14(30)28-11(17(33)34)7(4-36-15(10)28)5-37-19-25-24-8(38-19)2-3-20/h6,10,15H,2-5,20H2,1H3,(H,22,29)(H,31,32)(H,33,34)(H2,21,23,27)/b26-9+. The average molecular weight is 616 g/mol. The van der Waals surface area contributed by atoms with E-state index in [1.165, 1.54) is 41.8 Å². The van der Waals surface area contributed by atoms with Crippen LogP contribution in [0.5, 0.6) is 0 Å². The molecule has 2 amide bonds. The van der Waals surface area contributed by atoms with E-state index in [2.05, 4.69) is 30.0 Å². The second-order valence-electron chi connectivity index (χ2n) is 7.89. The first-order valence-electron chi connectivity index (χ1n) is 11.0. The molecule has 0 radical (unpaired) electrons. The molecular weight excluding hydrogens is 595 g/mol. The first-order chi connectivity index (χ1) is 18.6. The van der Waals surface area contributed by atoms with Crippen LogP contribution in [0.4, 0.5) is 5.13 Å². The van der Waals surface area contributed by atoms with Crippen LogP contribution in [0.15, 0.2) is 20.8 Å². The summed E-state index contributed by atoms with van der Waals surface area (Å²) in [5.74, 6) is -3.78. The number of nitrogens with two attached hydrogens (primary N) is 2. The van der Waals surface area contributed by atoms with Gasteiger partial charge in [-0.25, -0.2) is 9.59 Å². The van der Waals surface area contributed by atoms with Gasteiger partial charge in [0.05, 0.1) is 0 Å². The third kappa shape index (κ3) is 6.30. The Kier molecular flexibility index (Phi) is 9.00. The normalized spacial score (nSPS) is 19.8. The highest BCUT2D eigenvalue weighted by molar-refractivity contribution is 8.01. The van der Waals surface area contributed by atoms with Gasteiger partial charge in [-0.1, -0.05) is 28.3 Å². The van der Waals surface area contributed by atoms with E-state index in [0.29, 0.717) is 28.6 Å². The second-order valence-corrected chi connectivity index (χ2v) is 12.1. The number of nitrogen functional groups attached to an aromatic ring is 1. The second kappa shape index (κ2) is 12.2. The van der Waals surface area contributed by atoms with Gasteiger partial charge in [0.25, 0.3) is 11.8 Å². The Labute approximate surface area is 236 Å². The van der Waals surface area contributed by atoms with Crippen molar-refractivity contribution in [2.24, 2.45) is 10.9 Å². The molecule has 1 fully saturated rings. The van der Waals surface area contributed by atoms with Crippen molar-refractivity contribution in [3.8, 4) is 0 Å². The third-order valence-corrected chi connectivity index (χ3v) is 9.32. The molecule has 7 N–H and O–H groups in total. The van der Waals surface area contributed by atoms with Gasteiger partial charge in [-0.05, 0) is 19.0 Å². The molecule has 2 aliphatic heterocycles. The van der Waals surface area contributed by atoms with Crippen LogP contribution < -0.4 is 16.8 Å². The molecule has 20 heteroatoms. The number of amides is 2. The number of nitrogens with one attached hydrogen (secondary N) is 1. The number of thioether (sulfide) groups is 2. The van der Waals surface area contributed by atoms with E-state index in [9.17, 15) is 24.3 Å². The molecule has 4 rings (SSSR count). The Balaban J connectivity index is 1.48. The molecule has 39 heavy (non-hydrogen) atoms. The van der Waals surface area contributed by atoms with Crippen LogP contribution in [-0.2, 0) is 30.4 Å². The molecule has 208 valence electrons. The van der Waals surface area contributed by atoms with E-state index in [1.807, 2.05) is 0 Å². The van der Waals surface area contributed by atoms with Gasteiger partial charge in [-0.2, -0.15) is 9.36 Å². The Morgan fingerprint density at radius 3 is 2.74 bits per heavy atom. The monoisotopic (exact) mass is 615 g/mol. The summed E-state index contributed by atoms with van der Waals surface area (Å²) < 4.78 is 4.56. The Hall–Kier alpha value is -3.33. The predicted octanol–water partition coefficient (Wildman–Crippen LogP) is -0.802. The maximum Gasteiger partial charge on any atom is 0.352 e. The van der Waals surface area contributed by atoms with Gasteiger partial charge in [0.15, 0.2) is 9.47 Å². The Bertz CT molecular complexity index is 1360. The molecule has 16 nitrogen and oxygen atoms in total. The number of nitrogens with zero attached hydrogens (tertiary/aromatic N) is 6. The molecule has 1 saturated heterocycles. The number of carbonyl (C=O) groups excluding carboxylic acids is 2. The number of aliphatic carboxylic acids is 2. The van der Waals surface area contributed by atoms with E-state index in [-0.39, 0.29) is 22.4 Å². The zero-order valence-corrected chi connectivity index (χ0v) is 23.2. The van der Waals surface area contributed by atoms with Gasteiger partial charge in [0, 0.05) is 29.5 Å². The molecule has 0 bridgehead atoms. The molecular formula is C19H21N9O7S4. The fraction of sp³-hybridized carbons (Fsp3) is 0.421. The lowest BCUT2D eigenvalue weighted by Crippen LogP contribution is -2.71. The van der Waals surface area contributed by atoms with Crippen LogP contribution >= 0.6 is 46.4 Å². The summed E-state index contributed by atoms with van der Waals surface area (Å²) in [4.78, 5) is 59.1. The lowest BCUT2D eigenvalue weighted by atomic mass is 10.0. The van der Waals surface area contributed by atoms with Crippen molar-refractivity contribution < 1.29 is 34.2 Å². The minimum atomic E-state index is -1.38. The summed E-state index contributed by atoms with van der Waals surface area (Å²) in [6.45, 7) is 1.65. The third-order valence-electron chi connectivity index (χ3n) is 5.23. The molecule has 0 saturated carbocycles. The van der Waals surface area contributed by atoms with Crippen LogP contribution in [0.2, 0.25) is 0 Å².